The third kappa shape index (κ3) is 2.90. The maximum Gasteiger partial charge on any atom is 0.227 e. The van der Waals surface area contributed by atoms with Gasteiger partial charge in [-0.1, -0.05) is 23.9 Å². The third-order valence-corrected chi connectivity index (χ3v) is 3.92. The highest BCUT2D eigenvalue weighted by molar-refractivity contribution is 8.13. The summed E-state index contributed by atoms with van der Waals surface area (Å²) < 4.78 is 13.6. The normalized spacial score (nSPS) is 19.3. The molecule has 1 aliphatic heterocycles. The number of para-hydroxylation sites is 1. The fourth-order valence-corrected chi connectivity index (χ4v) is 2.73. The van der Waals surface area contributed by atoms with Crippen LogP contribution in [0.5, 0.6) is 0 Å². The fraction of sp³-hybridized carbons (Fsp3) is 0.385. The van der Waals surface area contributed by atoms with Gasteiger partial charge in [0.25, 0.3) is 0 Å². The molecular formula is C13H14FNO2S. The standard InChI is InChI=1S/C13H14FNO2S/c1-9(16)18-8-10-6-13(17)15(7-10)12-5-3-2-4-11(12)14/h2-5,10H,6-8H2,1H3. The van der Waals surface area contributed by atoms with Crippen LogP contribution < -0.4 is 4.90 Å². The fourth-order valence-electron chi connectivity index (χ4n) is 2.03. The first-order valence-corrected chi connectivity index (χ1v) is 6.74. The topological polar surface area (TPSA) is 37.4 Å². The molecular weight excluding hydrogens is 253 g/mol. The maximum absolute atomic E-state index is 13.6. The van der Waals surface area contributed by atoms with Crippen LogP contribution in [0.25, 0.3) is 0 Å². The molecule has 0 spiro atoms. The van der Waals surface area contributed by atoms with Crippen LogP contribution in [-0.2, 0) is 9.59 Å². The molecule has 0 aliphatic carbocycles. The number of nitrogens with zero attached hydrogens (tertiary/aromatic N) is 1. The Morgan fingerprint density at radius 1 is 1.50 bits per heavy atom. The van der Waals surface area contributed by atoms with E-state index >= 15 is 0 Å². The zero-order valence-electron chi connectivity index (χ0n) is 10.1. The van der Waals surface area contributed by atoms with Gasteiger partial charge in [-0.3, -0.25) is 9.59 Å². The Hall–Kier alpha value is -1.36. The van der Waals surface area contributed by atoms with Crippen molar-refractivity contribution >= 4 is 28.5 Å². The monoisotopic (exact) mass is 267 g/mol. The summed E-state index contributed by atoms with van der Waals surface area (Å²) in [5.41, 5.74) is 0.331. The second kappa shape index (κ2) is 5.52. The lowest BCUT2D eigenvalue weighted by atomic mass is 10.1. The Bertz CT molecular complexity index is 478. The largest absolute Gasteiger partial charge is 0.309 e. The van der Waals surface area contributed by atoms with Gasteiger partial charge in [-0.05, 0) is 18.1 Å². The molecule has 3 nitrogen and oxygen atoms in total. The number of amides is 1. The molecule has 1 unspecified atom stereocenters. The second-order valence-corrected chi connectivity index (χ2v) is 5.53. The summed E-state index contributed by atoms with van der Waals surface area (Å²) in [4.78, 5) is 24.2. The third-order valence-electron chi connectivity index (χ3n) is 2.87. The summed E-state index contributed by atoms with van der Waals surface area (Å²) in [6.07, 6.45) is 0.384. The Kier molecular flexibility index (Phi) is 4.01. The summed E-state index contributed by atoms with van der Waals surface area (Å²) >= 11 is 1.22. The lowest BCUT2D eigenvalue weighted by molar-refractivity contribution is -0.117. The summed E-state index contributed by atoms with van der Waals surface area (Å²) in [5, 5.41) is 0.0480. The van der Waals surface area contributed by atoms with Crippen molar-refractivity contribution in [2.45, 2.75) is 13.3 Å². The Balaban J connectivity index is 2.06. The number of anilines is 1. The number of carbonyl (C=O) groups excluding carboxylic acids is 2. The van der Waals surface area contributed by atoms with Crippen LogP contribution in [0.4, 0.5) is 10.1 Å². The average molecular weight is 267 g/mol. The van der Waals surface area contributed by atoms with Gasteiger partial charge >= 0.3 is 0 Å². The molecule has 96 valence electrons. The number of carbonyl (C=O) groups is 2. The van der Waals surface area contributed by atoms with E-state index in [1.807, 2.05) is 0 Å². The zero-order valence-corrected chi connectivity index (χ0v) is 10.9. The van der Waals surface area contributed by atoms with Crippen LogP contribution >= 0.6 is 11.8 Å². The summed E-state index contributed by atoms with van der Waals surface area (Å²) in [6, 6.07) is 6.26. The van der Waals surface area contributed by atoms with Crippen LogP contribution in [0.3, 0.4) is 0 Å². The molecule has 1 heterocycles. The first kappa shape index (κ1) is 13.1. The van der Waals surface area contributed by atoms with E-state index in [0.29, 0.717) is 24.4 Å². The minimum atomic E-state index is -0.384. The van der Waals surface area contributed by atoms with Crippen molar-refractivity contribution in [2.24, 2.45) is 5.92 Å². The highest BCUT2D eigenvalue weighted by Gasteiger charge is 2.31. The highest BCUT2D eigenvalue weighted by atomic mass is 32.2. The molecule has 18 heavy (non-hydrogen) atoms. The highest BCUT2D eigenvalue weighted by Crippen LogP contribution is 2.28. The second-order valence-electron chi connectivity index (χ2n) is 4.33. The molecule has 1 atom stereocenters. The van der Waals surface area contributed by atoms with Crippen LogP contribution in [0, 0.1) is 11.7 Å². The van der Waals surface area contributed by atoms with Crippen LogP contribution in [0.15, 0.2) is 24.3 Å². The number of thioether (sulfide) groups is 1. The number of hydrogen-bond acceptors (Lipinski definition) is 3. The van der Waals surface area contributed by atoms with Crippen molar-refractivity contribution in [1.29, 1.82) is 0 Å². The minimum absolute atomic E-state index is 0.0480. The predicted octanol–water partition coefficient (Wildman–Crippen LogP) is 2.46. The molecule has 0 aromatic heterocycles. The maximum atomic E-state index is 13.6. The molecule has 1 aromatic rings. The van der Waals surface area contributed by atoms with Crippen LogP contribution in [0.1, 0.15) is 13.3 Å². The molecule has 1 saturated heterocycles. The van der Waals surface area contributed by atoms with Crippen LogP contribution in [0.2, 0.25) is 0 Å². The zero-order chi connectivity index (χ0) is 13.1. The molecule has 1 amide bonds. The van der Waals surface area contributed by atoms with E-state index in [9.17, 15) is 14.0 Å². The minimum Gasteiger partial charge on any atom is -0.309 e. The van der Waals surface area contributed by atoms with E-state index in [1.165, 1.54) is 29.7 Å². The number of hydrogen-bond donors (Lipinski definition) is 0. The molecule has 1 aromatic carbocycles. The van der Waals surface area contributed by atoms with Gasteiger partial charge in [0.05, 0.1) is 5.69 Å². The summed E-state index contributed by atoms with van der Waals surface area (Å²) in [6.45, 7) is 2.00. The van der Waals surface area contributed by atoms with Gasteiger partial charge in [0.1, 0.15) is 5.82 Å². The quantitative estimate of drug-likeness (QED) is 0.844. The van der Waals surface area contributed by atoms with E-state index in [-0.39, 0.29) is 22.8 Å². The van der Waals surface area contributed by atoms with Gasteiger partial charge in [0, 0.05) is 25.6 Å². The predicted molar refractivity (Wildman–Crippen MR) is 70.0 cm³/mol. The molecule has 5 heteroatoms. The number of benzene rings is 1. The SMILES string of the molecule is CC(=O)SCC1CC(=O)N(c2ccccc2F)C1. The van der Waals surface area contributed by atoms with E-state index in [0.717, 1.165) is 0 Å². The van der Waals surface area contributed by atoms with Gasteiger partial charge in [0.2, 0.25) is 5.91 Å². The molecule has 2 rings (SSSR count). The number of halogens is 1. The van der Waals surface area contributed by atoms with Crippen molar-refractivity contribution < 1.29 is 14.0 Å². The molecule has 1 fully saturated rings. The van der Waals surface area contributed by atoms with Crippen molar-refractivity contribution in [3.63, 3.8) is 0 Å². The lowest BCUT2D eigenvalue weighted by Gasteiger charge is -2.17. The molecule has 0 bridgehead atoms. The number of rotatable bonds is 3. The van der Waals surface area contributed by atoms with E-state index < -0.39 is 0 Å². The van der Waals surface area contributed by atoms with Crippen molar-refractivity contribution in [3.05, 3.63) is 30.1 Å². The Labute approximate surface area is 109 Å². The Morgan fingerprint density at radius 3 is 2.89 bits per heavy atom. The van der Waals surface area contributed by atoms with Gasteiger partial charge in [-0.25, -0.2) is 4.39 Å². The van der Waals surface area contributed by atoms with Gasteiger partial charge in [0.15, 0.2) is 5.12 Å². The van der Waals surface area contributed by atoms with Gasteiger partial charge < -0.3 is 4.90 Å². The van der Waals surface area contributed by atoms with Crippen molar-refractivity contribution in [3.8, 4) is 0 Å². The summed E-state index contributed by atoms with van der Waals surface area (Å²) in [5.74, 6) is 0.275. The first-order chi connectivity index (χ1) is 8.58. The Morgan fingerprint density at radius 2 is 2.22 bits per heavy atom. The van der Waals surface area contributed by atoms with E-state index in [2.05, 4.69) is 0 Å². The van der Waals surface area contributed by atoms with E-state index in [4.69, 9.17) is 0 Å². The van der Waals surface area contributed by atoms with Gasteiger partial charge in [-0.15, -0.1) is 0 Å². The molecule has 0 N–H and O–H groups in total. The van der Waals surface area contributed by atoms with Crippen LogP contribution in [-0.4, -0.2) is 23.3 Å². The smallest absolute Gasteiger partial charge is 0.227 e. The average Bonchev–Trinajstić information content (AvgIpc) is 2.69. The molecule has 0 saturated carbocycles. The summed E-state index contributed by atoms with van der Waals surface area (Å²) in [7, 11) is 0. The van der Waals surface area contributed by atoms with Crippen molar-refractivity contribution in [2.75, 3.05) is 17.2 Å². The first-order valence-electron chi connectivity index (χ1n) is 5.76. The lowest BCUT2D eigenvalue weighted by Crippen LogP contribution is -2.25. The molecule has 0 radical (unpaired) electrons. The van der Waals surface area contributed by atoms with E-state index in [1.54, 1.807) is 18.2 Å². The molecule has 1 aliphatic rings. The van der Waals surface area contributed by atoms with Gasteiger partial charge in [-0.2, -0.15) is 0 Å². The van der Waals surface area contributed by atoms with Crippen molar-refractivity contribution in [1.82, 2.24) is 0 Å².